The van der Waals surface area contributed by atoms with Crippen LogP contribution in [-0.4, -0.2) is 14.9 Å². The van der Waals surface area contributed by atoms with E-state index in [9.17, 15) is 9.67 Å². The third-order valence-electron chi connectivity index (χ3n) is 3.44. The van der Waals surface area contributed by atoms with Gasteiger partial charge in [0.05, 0.1) is 0 Å². The van der Waals surface area contributed by atoms with Crippen LogP contribution in [0.15, 0.2) is 54.1 Å². The van der Waals surface area contributed by atoms with Crippen molar-refractivity contribution in [1.29, 1.82) is 0 Å². The molecule has 3 N–H and O–H groups in total. The van der Waals surface area contributed by atoms with Crippen molar-refractivity contribution in [3.8, 4) is 0 Å². The van der Waals surface area contributed by atoms with E-state index < -0.39 is 19.8 Å². The molecular formula is C14H13O5P. The summed E-state index contributed by atoms with van der Waals surface area (Å²) in [6.45, 7) is 0. The van der Waals surface area contributed by atoms with Crippen LogP contribution in [0.1, 0.15) is 17.2 Å². The molecule has 5 nitrogen and oxygen atoms in total. The first-order valence-corrected chi connectivity index (χ1v) is 7.61. The first-order valence-electron chi connectivity index (χ1n) is 6.08. The van der Waals surface area contributed by atoms with E-state index in [1.165, 1.54) is 0 Å². The van der Waals surface area contributed by atoms with Crippen molar-refractivity contribution >= 4 is 13.6 Å². The summed E-state index contributed by atoms with van der Waals surface area (Å²) in [5.74, 6) is -0.292. The lowest BCUT2D eigenvalue weighted by atomic mass is 9.78. The molecule has 0 aliphatic heterocycles. The molecule has 6 heteroatoms. The van der Waals surface area contributed by atoms with Crippen LogP contribution < -0.4 is 0 Å². The quantitative estimate of drug-likeness (QED) is 0.730. The number of aliphatic hydroxyl groups excluding tert-OH is 1. The van der Waals surface area contributed by atoms with Crippen LogP contribution in [0.4, 0.5) is 0 Å². The first-order chi connectivity index (χ1) is 9.47. The monoisotopic (exact) mass is 292 g/mol. The van der Waals surface area contributed by atoms with Crippen LogP contribution in [0.5, 0.6) is 0 Å². The molecule has 0 amide bonds. The van der Waals surface area contributed by atoms with Gasteiger partial charge in [-0.15, -0.1) is 0 Å². The maximum atomic E-state index is 11.2. The molecule has 3 rings (SSSR count). The molecule has 1 aromatic rings. The van der Waals surface area contributed by atoms with E-state index in [0.717, 1.165) is 0 Å². The summed E-state index contributed by atoms with van der Waals surface area (Å²) < 4.78 is 16.2. The number of benzene rings is 1. The fraction of sp³-hybridized carbons (Fsp3) is 0.143. The van der Waals surface area contributed by atoms with E-state index in [0.29, 0.717) is 16.7 Å². The van der Waals surface area contributed by atoms with Gasteiger partial charge in [0.2, 0.25) is 0 Å². The molecule has 0 saturated heterocycles. The zero-order chi connectivity index (χ0) is 14.3. The molecule has 0 bridgehead atoms. The van der Waals surface area contributed by atoms with Gasteiger partial charge in [-0.2, -0.15) is 0 Å². The molecule has 0 spiro atoms. The van der Waals surface area contributed by atoms with Gasteiger partial charge in [-0.1, -0.05) is 48.6 Å². The second-order valence-corrected chi connectivity index (χ2v) is 5.87. The van der Waals surface area contributed by atoms with E-state index in [1.54, 1.807) is 48.6 Å². The van der Waals surface area contributed by atoms with Gasteiger partial charge < -0.3 is 14.9 Å². The van der Waals surface area contributed by atoms with Gasteiger partial charge in [0.1, 0.15) is 11.9 Å². The highest BCUT2D eigenvalue weighted by Gasteiger charge is 2.38. The zero-order valence-corrected chi connectivity index (χ0v) is 11.3. The lowest BCUT2D eigenvalue weighted by Crippen LogP contribution is -2.22. The summed E-state index contributed by atoms with van der Waals surface area (Å²) >= 11 is 0. The Morgan fingerprint density at radius 1 is 1.15 bits per heavy atom. The molecule has 1 aromatic carbocycles. The predicted octanol–water partition coefficient (Wildman–Crippen LogP) is 2.86. The summed E-state index contributed by atoms with van der Waals surface area (Å²) in [4.78, 5) is 18.2. The van der Waals surface area contributed by atoms with E-state index in [1.807, 2.05) is 0 Å². The van der Waals surface area contributed by atoms with E-state index >= 15 is 0 Å². The minimum absolute atomic E-state index is 0.122. The number of hydrogen-bond acceptors (Lipinski definition) is 3. The third-order valence-corrected chi connectivity index (χ3v) is 3.94. The lowest BCUT2D eigenvalue weighted by molar-refractivity contribution is 0.111. The van der Waals surface area contributed by atoms with Gasteiger partial charge >= 0.3 is 7.82 Å². The maximum absolute atomic E-state index is 11.2. The molecule has 0 aromatic heterocycles. The number of hydrogen-bond donors (Lipinski definition) is 3. The molecule has 104 valence electrons. The largest absolute Gasteiger partial charge is 0.507 e. The summed E-state index contributed by atoms with van der Waals surface area (Å²) in [6.07, 6.45) is 6.21. The highest BCUT2D eigenvalue weighted by atomic mass is 31.2. The number of allylic oxidation sites excluding steroid dienone is 3. The SMILES string of the molecule is O=P(O)(O)OC1c2ccccc2C(O)=C2C=CC=CC21. The van der Waals surface area contributed by atoms with Gasteiger partial charge in [0.15, 0.2) is 0 Å². The Bertz CT molecular complexity index is 683. The average Bonchev–Trinajstić information content (AvgIpc) is 2.42. The number of rotatable bonds is 2. The molecule has 2 aliphatic rings. The van der Waals surface area contributed by atoms with E-state index in [2.05, 4.69) is 0 Å². The molecule has 0 fully saturated rings. The minimum Gasteiger partial charge on any atom is -0.507 e. The van der Waals surface area contributed by atoms with Crippen LogP contribution >= 0.6 is 7.82 Å². The fourth-order valence-electron chi connectivity index (χ4n) is 2.64. The van der Waals surface area contributed by atoms with Crippen molar-refractivity contribution in [2.45, 2.75) is 6.10 Å². The number of fused-ring (bicyclic) bond motifs is 2. The maximum Gasteiger partial charge on any atom is 0.470 e. The van der Waals surface area contributed by atoms with Crippen molar-refractivity contribution in [3.05, 3.63) is 65.3 Å². The van der Waals surface area contributed by atoms with E-state index in [-0.39, 0.29) is 5.76 Å². The Morgan fingerprint density at radius 3 is 2.65 bits per heavy atom. The van der Waals surface area contributed by atoms with Gasteiger partial charge in [-0.3, -0.25) is 4.52 Å². The van der Waals surface area contributed by atoms with Gasteiger partial charge in [-0.05, 0) is 5.56 Å². The highest BCUT2D eigenvalue weighted by Crippen LogP contribution is 2.51. The second kappa shape index (κ2) is 4.72. The summed E-state index contributed by atoms with van der Waals surface area (Å²) in [5.41, 5.74) is 1.71. The summed E-state index contributed by atoms with van der Waals surface area (Å²) in [7, 11) is -4.64. The standard InChI is InChI=1S/C14H13O5P/c15-13-9-5-1-3-7-11(9)14(19-20(16,17)18)12-8-4-2-6-10(12)13/h1-8,11,14-15H,(H2,16,17,18). The fourth-order valence-corrected chi connectivity index (χ4v) is 3.18. The third kappa shape index (κ3) is 2.25. The predicted molar refractivity (Wildman–Crippen MR) is 73.6 cm³/mol. The molecule has 2 atom stereocenters. The van der Waals surface area contributed by atoms with Crippen LogP contribution in [0.2, 0.25) is 0 Å². The van der Waals surface area contributed by atoms with Crippen LogP contribution in [0.25, 0.3) is 5.76 Å². The molecule has 0 saturated carbocycles. The molecule has 0 radical (unpaired) electrons. The van der Waals surface area contributed by atoms with Crippen LogP contribution in [-0.2, 0) is 9.09 Å². The highest BCUT2D eigenvalue weighted by molar-refractivity contribution is 7.46. The van der Waals surface area contributed by atoms with Crippen molar-refractivity contribution in [2.75, 3.05) is 0 Å². The summed E-state index contributed by atoms with van der Waals surface area (Å²) in [6, 6.07) is 6.91. The number of phosphoric acid groups is 1. The Morgan fingerprint density at radius 2 is 1.90 bits per heavy atom. The average molecular weight is 292 g/mol. The van der Waals surface area contributed by atoms with Gasteiger partial charge in [0.25, 0.3) is 0 Å². The van der Waals surface area contributed by atoms with Crippen molar-refractivity contribution in [1.82, 2.24) is 0 Å². The van der Waals surface area contributed by atoms with Crippen LogP contribution in [0.3, 0.4) is 0 Å². The second-order valence-electron chi connectivity index (χ2n) is 4.68. The Balaban J connectivity index is 2.17. The smallest absolute Gasteiger partial charge is 0.470 e. The van der Waals surface area contributed by atoms with Crippen molar-refractivity contribution in [3.63, 3.8) is 0 Å². The molecule has 20 heavy (non-hydrogen) atoms. The topological polar surface area (TPSA) is 87.0 Å². The Labute approximate surface area is 115 Å². The minimum atomic E-state index is -4.64. The van der Waals surface area contributed by atoms with Crippen LogP contribution in [0, 0.1) is 5.92 Å². The van der Waals surface area contributed by atoms with Gasteiger partial charge in [-0.25, -0.2) is 4.57 Å². The van der Waals surface area contributed by atoms with Gasteiger partial charge in [0, 0.05) is 17.1 Å². The number of aliphatic hydroxyl groups is 1. The number of phosphoric ester groups is 1. The first kappa shape index (κ1) is 13.3. The Hall–Kier alpha value is -1.65. The molecule has 2 aliphatic carbocycles. The normalized spacial score (nSPS) is 24.5. The van der Waals surface area contributed by atoms with Crippen molar-refractivity contribution < 1.29 is 24.0 Å². The van der Waals surface area contributed by atoms with E-state index in [4.69, 9.17) is 14.3 Å². The van der Waals surface area contributed by atoms with Crippen molar-refractivity contribution in [2.24, 2.45) is 5.92 Å². The molecule has 2 unspecified atom stereocenters. The summed E-state index contributed by atoms with van der Waals surface area (Å²) in [5, 5.41) is 10.3. The zero-order valence-electron chi connectivity index (χ0n) is 10.4. The molecular weight excluding hydrogens is 279 g/mol. The lowest BCUT2D eigenvalue weighted by Gasteiger charge is -2.33. The Kier molecular flexibility index (Phi) is 3.15. The molecule has 0 heterocycles.